The molecule has 0 amide bonds. The number of carbonyl (C=O) groups excluding carboxylic acids is 1. The Kier molecular flexibility index (Phi) is 5.42. The Hall–Kier alpha value is -1.45. The first-order chi connectivity index (χ1) is 14.8. The third-order valence-corrected chi connectivity index (χ3v) is 9.97. The van der Waals surface area contributed by atoms with Crippen molar-refractivity contribution in [1.82, 2.24) is 0 Å². The summed E-state index contributed by atoms with van der Waals surface area (Å²) >= 11 is 0. The van der Waals surface area contributed by atoms with E-state index in [-0.39, 0.29) is 41.3 Å². The van der Waals surface area contributed by atoms with Crippen LogP contribution in [0, 0.1) is 46.7 Å². The van der Waals surface area contributed by atoms with Crippen LogP contribution in [0.25, 0.3) is 0 Å². The second-order valence-electron chi connectivity index (χ2n) is 11.5. The van der Waals surface area contributed by atoms with E-state index in [0.29, 0.717) is 23.4 Å². The van der Waals surface area contributed by atoms with Gasteiger partial charge in [0.25, 0.3) is 0 Å². The number of carbonyl (C=O) groups is 1. The molecule has 4 saturated carbocycles. The molecule has 1 aromatic carbocycles. The van der Waals surface area contributed by atoms with Crippen LogP contribution in [0.4, 0.5) is 14.5 Å². The molecule has 0 radical (unpaired) electrons. The summed E-state index contributed by atoms with van der Waals surface area (Å²) in [6, 6.07) is 6.30. The summed E-state index contributed by atoms with van der Waals surface area (Å²) in [7, 11) is 0. The molecule has 31 heavy (non-hydrogen) atoms. The zero-order valence-electron chi connectivity index (χ0n) is 19.0. The molecule has 0 aliphatic heterocycles. The number of benzene rings is 1. The highest BCUT2D eigenvalue weighted by atomic mass is 19.1. The lowest BCUT2D eigenvalue weighted by Crippen LogP contribution is -2.56. The van der Waals surface area contributed by atoms with Gasteiger partial charge in [0.15, 0.2) is 5.78 Å². The van der Waals surface area contributed by atoms with Crippen LogP contribution in [-0.4, -0.2) is 18.0 Å². The second kappa shape index (κ2) is 7.85. The topological polar surface area (TPSA) is 29.1 Å². The predicted octanol–water partition coefficient (Wildman–Crippen LogP) is 6.80. The largest absolute Gasteiger partial charge is 0.378 e. The van der Waals surface area contributed by atoms with E-state index in [1.807, 2.05) is 0 Å². The summed E-state index contributed by atoms with van der Waals surface area (Å²) in [5.74, 6) is 2.04. The summed E-state index contributed by atoms with van der Waals surface area (Å²) in [5.41, 5.74) is -0.314. The Balaban J connectivity index is 1.29. The Morgan fingerprint density at radius 2 is 1.94 bits per heavy atom. The molecule has 0 saturated heterocycles. The van der Waals surface area contributed by atoms with Gasteiger partial charge in [0, 0.05) is 11.6 Å². The Bertz CT molecular complexity index is 842. The molecule has 8 atom stereocenters. The van der Waals surface area contributed by atoms with Crippen LogP contribution in [0.5, 0.6) is 0 Å². The van der Waals surface area contributed by atoms with Crippen LogP contribution in [-0.2, 0) is 4.79 Å². The molecule has 2 nitrogen and oxygen atoms in total. The van der Waals surface area contributed by atoms with Gasteiger partial charge in [-0.15, -0.1) is 0 Å². The van der Waals surface area contributed by atoms with E-state index >= 15 is 4.39 Å². The zero-order chi connectivity index (χ0) is 21.8. The van der Waals surface area contributed by atoms with Crippen molar-refractivity contribution >= 4 is 11.5 Å². The van der Waals surface area contributed by atoms with Crippen LogP contribution in [0.15, 0.2) is 24.3 Å². The Labute approximate surface area is 185 Å². The maximum Gasteiger partial charge on any atom is 0.155 e. The lowest BCUT2D eigenvalue weighted by Gasteiger charge is -2.58. The number of nitrogens with one attached hydrogen (secondary N) is 1. The van der Waals surface area contributed by atoms with E-state index in [0.717, 1.165) is 57.8 Å². The first-order valence-corrected chi connectivity index (χ1v) is 12.5. The van der Waals surface area contributed by atoms with Gasteiger partial charge >= 0.3 is 0 Å². The highest BCUT2D eigenvalue weighted by Gasteiger charge is 2.62. The van der Waals surface area contributed by atoms with Crippen molar-refractivity contribution in [3.05, 3.63) is 30.1 Å². The molecule has 0 bridgehead atoms. The van der Waals surface area contributed by atoms with Crippen LogP contribution in [0.2, 0.25) is 0 Å². The minimum absolute atomic E-state index is 0.00692. The number of halogens is 2. The van der Waals surface area contributed by atoms with E-state index in [1.165, 1.54) is 12.1 Å². The van der Waals surface area contributed by atoms with E-state index in [4.69, 9.17) is 0 Å². The molecule has 0 unspecified atom stereocenters. The molecule has 4 fully saturated rings. The molecule has 4 heteroatoms. The van der Waals surface area contributed by atoms with Crippen LogP contribution >= 0.6 is 0 Å². The van der Waals surface area contributed by atoms with Crippen molar-refractivity contribution < 1.29 is 13.6 Å². The van der Waals surface area contributed by atoms with Crippen molar-refractivity contribution in [3.8, 4) is 0 Å². The molecular formula is C27H37F2NO. The van der Waals surface area contributed by atoms with Gasteiger partial charge in [0.2, 0.25) is 0 Å². The molecule has 1 aromatic rings. The molecule has 0 spiro atoms. The summed E-state index contributed by atoms with van der Waals surface area (Å²) < 4.78 is 29.8. The average molecular weight is 430 g/mol. The minimum Gasteiger partial charge on any atom is -0.378 e. The minimum atomic E-state index is -0.961. The van der Waals surface area contributed by atoms with Gasteiger partial charge in [0.05, 0.1) is 6.54 Å². The lowest BCUT2D eigenvalue weighted by atomic mass is 9.48. The molecule has 4 aliphatic rings. The molecule has 5 rings (SSSR count). The van der Waals surface area contributed by atoms with Crippen molar-refractivity contribution in [2.75, 3.05) is 11.9 Å². The fourth-order valence-corrected chi connectivity index (χ4v) is 8.44. The van der Waals surface area contributed by atoms with Crippen molar-refractivity contribution in [3.63, 3.8) is 0 Å². The first kappa shape index (κ1) is 21.4. The van der Waals surface area contributed by atoms with Crippen LogP contribution in [0.3, 0.4) is 0 Å². The maximum atomic E-state index is 16.4. The summed E-state index contributed by atoms with van der Waals surface area (Å²) in [4.78, 5) is 13.2. The number of alkyl halides is 1. The molecular weight excluding hydrogens is 392 g/mol. The summed E-state index contributed by atoms with van der Waals surface area (Å²) in [5, 5.41) is 3.13. The Morgan fingerprint density at radius 1 is 1.10 bits per heavy atom. The number of rotatable bonds is 4. The van der Waals surface area contributed by atoms with Gasteiger partial charge < -0.3 is 5.32 Å². The van der Waals surface area contributed by atoms with Crippen LogP contribution in [0.1, 0.15) is 71.6 Å². The molecule has 1 N–H and O–H groups in total. The van der Waals surface area contributed by atoms with Gasteiger partial charge in [-0.3, -0.25) is 4.79 Å². The number of ketones is 1. The third-order valence-electron chi connectivity index (χ3n) is 9.97. The lowest BCUT2D eigenvalue weighted by molar-refractivity contribution is -0.145. The standard InChI is InChI=1S/C27H37F2NO/c1-17-10-13-27(29)18(14-17)6-7-21-22-8-9-24(26(22,2)12-11-23(21)27)25(31)16-30-20-5-3-4-19(28)15-20/h3-5,15,17-18,21-24,30H,6-14,16H2,1-2H3/t17-,18+,21-,22-,23-,24+,26-,27+/m0/s1. The van der Waals surface area contributed by atoms with Gasteiger partial charge in [0.1, 0.15) is 11.5 Å². The molecule has 170 valence electrons. The summed E-state index contributed by atoms with van der Waals surface area (Å²) in [6.45, 7) is 4.85. The monoisotopic (exact) mass is 429 g/mol. The maximum absolute atomic E-state index is 16.4. The zero-order valence-corrected chi connectivity index (χ0v) is 19.0. The highest BCUT2D eigenvalue weighted by molar-refractivity contribution is 5.86. The number of hydrogen-bond acceptors (Lipinski definition) is 2. The van der Waals surface area contributed by atoms with Gasteiger partial charge in [-0.2, -0.15) is 0 Å². The van der Waals surface area contributed by atoms with Gasteiger partial charge in [-0.25, -0.2) is 8.78 Å². The molecule has 4 aliphatic carbocycles. The van der Waals surface area contributed by atoms with E-state index in [2.05, 4.69) is 19.2 Å². The first-order valence-electron chi connectivity index (χ1n) is 12.5. The average Bonchev–Trinajstić information content (AvgIpc) is 3.10. The normalized spacial score (nSPS) is 44.1. The number of anilines is 1. The Morgan fingerprint density at radius 3 is 2.74 bits per heavy atom. The van der Waals surface area contributed by atoms with Crippen molar-refractivity contribution in [1.29, 1.82) is 0 Å². The molecule has 0 heterocycles. The smallest absolute Gasteiger partial charge is 0.155 e. The number of hydrogen-bond donors (Lipinski definition) is 1. The van der Waals surface area contributed by atoms with E-state index in [1.54, 1.807) is 12.1 Å². The highest BCUT2D eigenvalue weighted by Crippen LogP contribution is 2.66. The number of fused-ring (bicyclic) bond motifs is 5. The summed E-state index contributed by atoms with van der Waals surface area (Å²) in [6.07, 6.45) is 8.94. The van der Waals surface area contributed by atoms with Gasteiger partial charge in [-0.05, 0) is 111 Å². The van der Waals surface area contributed by atoms with Crippen molar-refractivity contribution in [2.24, 2.45) is 40.9 Å². The third kappa shape index (κ3) is 3.53. The van der Waals surface area contributed by atoms with Gasteiger partial charge in [-0.1, -0.05) is 19.9 Å². The van der Waals surface area contributed by atoms with E-state index < -0.39 is 5.67 Å². The van der Waals surface area contributed by atoms with Crippen LogP contribution < -0.4 is 5.32 Å². The SMILES string of the molecule is C[C@H]1CC[C@@]2(F)[C@H](CC[C@H]3[C@@H]4CC[C@H](C(=O)CNc5cccc(F)c5)[C@@]4(C)CC[C@@H]32)C1. The fourth-order valence-electron chi connectivity index (χ4n) is 8.44. The fraction of sp³-hybridized carbons (Fsp3) is 0.741. The van der Waals surface area contributed by atoms with Crippen molar-refractivity contribution in [2.45, 2.75) is 77.3 Å². The predicted molar refractivity (Wildman–Crippen MR) is 120 cm³/mol. The second-order valence-corrected chi connectivity index (χ2v) is 11.5. The number of Topliss-reactive ketones (excluding diaryl/α,β-unsaturated/α-hetero) is 1. The van der Waals surface area contributed by atoms with E-state index in [9.17, 15) is 9.18 Å². The quantitative estimate of drug-likeness (QED) is 0.570. The molecule has 0 aromatic heterocycles.